The van der Waals surface area contributed by atoms with Crippen molar-refractivity contribution >= 4 is 29.5 Å². The average molecular weight is 416 g/mol. The molecule has 0 aliphatic heterocycles. The minimum atomic E-state index is -0.0949. The molecular weight excluding hydrogens is 390 g/mol. The van der Waals surface area contributed by atoms with Crippen molar-refractivity contribution in [3.05, 3.63) is 57.7 Å². The Hall–Kier alpha value is -2.29. The van der Waals surface area contributed by atoms with Crippen LogP contribution in [0.1, 0.15) is 25.0 Å². The Bertz CT molecular complexity index is 940. The number of nitrogens with zero attached hydrogens (tertiary/aromatic N) is 3. The first-order valence-corrected chi connectivity index (χ1v) is 10.7. The highest BCUT2D eigenvalue weighted by Crippen LogP contribution is 2.22. The predicted molar refractivity (Wildman–Crippen MR) is 116 cm³/mol. The highest BCUT2D eigenvalue weighted by Gasteiger charge is 2.13. The van der Waals surface area contributed by atoms with Crippen LogP contribution in [0.4, 0.5) is 0 Å². The van der Waals surface area contributed by atoms with E-state index in [0.29, 0.717) is 17.1 Å². The van der Waals surface area contributed by atoms with Gasteiger partial charge in [-0.3, -0.25) is 19.4 Å². The topological polar surface area (TPSA) is 66.0 Å². The van der Waals surface area contributed by atoms with Crippen LogP contribution in [0.15, 0.2) is 41.8 Å². The molecule has 148 valence electrons. The van der Waals surface area contributed by atoms with Crippen molar-refractivity contribution in [2.45, 2.75) is 33.5 Å². The number of rotatable bonds is 9. The molecule has 2 heterocycles. The molecule has 0 atom stereocenters. The Morgan fingerprint density at radius 3 is 2.57 bits per heavy atom. The molecule has 0 unspecified atom stereocenters. The molecule has 6 nitrogen and oxygen atoms in total. The van der Waals surface area contributed by atoms with Gasteiger partial charge in [0.25, 0.3) is 0 Å². The van der Waals surface area contributed by atoms with E-state index in [2.05, 4.69) is 58.5 Å². The number of hydrogen-bond acceptors (Lipinski definition) is 5. The lowest BCUT2D eigenvalue weighted by Crippen LogP contribution is -2.27. The molecular formula is C20H25N5OS2. The lowest BCUT2D eigenvalue weighted by Gasteiger charge is -2.18. The molecule has 0 bridgehead atoms. The van der Waals surface area contributed by atoms with E-state index in [9.17, 15) is 4.79 Å². The third-order valence-electron chi connectivity index (χ3n) is 4.61. The van der Waals surface area contributed by atoms with Crippen molar-refractivity contribution < 1.29 is 4.79 Å². The number of carbonyl (C=O) groups is 1. The summed E-state index contributed by atoms with van der Waals surface area (Å²) in [6, 6.07) is 12.3. The molecule has 0 aliphatic rings. The molecule has 2 N–H and O–H groups in total. The van der Waals surface area contributed by atoms with Crippen LogP contribution in [0.3, 0.4) is 0 Å². The fraction of sp³-hybridized carbons (Fsp3) is 0.350. The van der Waals surface area contributed by atoms with Gasteiger partial charge in [-0.2, -0.15) is 5.10 Å². The maximum atomic E-state index is 12.4. The minimum Gasteiger partial charge on any atom is -0.350 e. The van der Waals surface area contributed by atoms with Crippen molar-refractivity contribution in [1.29, 1.82) is 0 Å². The number of nitrogens with one attached hydrogen (secondary N) is 2. The van der Waals surface area contributed by atoms with E-state index < -0.39 is 0 Å². The van der Waals surface area contributed by atoms with E-state index in [1.54, 1.807) is 15.9 Å². The SMILES string of the molecule is CCN(CC)Cc1ccc(CNC(=O)Cn2c(-c3cccs3)n[nH]c2=S)cc1. The van der Waals surface area contributed by atoms with Gasteiger partial charge < -0.3 is 5.32 Å². The van der Waals surface area contributed by atoms with Crippen molar-refractivity contribution in [2.75, 3.05) is 13.1 Å². The number of thiophene rings is 1. The van der Waals surface area contributed by atoms with E-state index in [0.717, 1.165) is 30.1 Å². The summed E-state index contributed by atoms with van der Waals surface area (Å²) < 4.78 is 2.17. The molecule has 3 aromatic rings. The first-order chi connectivity index (χ1) is 13.6. The summed E-state index contributed by atoms with van der Waals surface area (Å²) in [5.74, 6) is 0.596. The summed E-state index contributed by atoms with van der Waals surface area (Å²) >= 11 is 6.84. The Labute approximate surface area is 174 Å². The van der Waals surface area contributed by atoms with Crippen molar-refractivity contribution in [2.24, 2.45) is 0 Å². The number of H-pyrrole nitrogens is 1. The molecule has 0 radical (unpaired) electrons. The molecule has 0 fully saturated rings. The van der Waals surface area contributed by atoms with Gasteiger partial charge in [0.1, 0.15) is 6.54 Å². The van der Waals surface area contributed by atoms with Crippen LogP contribution in [-0.2, 0) is 24.4 Å². The van der Waals surface area contributed by atoms with Crippen LogP contribution >= 0.6 is 23.6 Å². The maximum absolute atomic E-state index is 12.4. The van der Waals surface area contributed by atoms with E-state index in [-0.39, 0.29) is 12.5 Å². The molecule has 3 rings (SSSR count). The number of aromatic amines is 1. The predicted octanol–water partition coefficient (Wildman–Crippen LogP) is 3.83. The van der Waals surface area contributed by atoms with Gasteiger partial charge in [-0.05, 0) is 47.9 Å². The Balaban J connectivity index is 1.57. The summed E-state index contributed by atoms with van der Waals surface area (Å²) in [5.41, 5.74) is 2.36. The lowest BCUT2D eigenvalue weighted by molar-refractivity contribution is -0.121. The summed E-state index contributed by atoms with van der Waals surface area (Å²) in [7, 11) is 0. The Morgan fingerprint density at radius 2 is 1.93 bits per heavy atom. The number of amides is 1. The van der Waals surface area contributed by atoms with Gasteiger partial charge in [0.2, 0.25) is 5.91 Å². The van der Waals surface area contributed by atoms with Gasteiger partial charge in [-0.25, -0.2) is 0 Å². The molecule has 2 aromatic heterocycles. The Morgan fingerprint density at radius 1 is 1.21 bits per heavy atom. The monoisotopic (exact) mass is 415 g/mol. The zero-order chi connectivity index (χ0) is 19.9. The smallest absolute Gasteiger partial charge is 0.240 e. The third-order valence-corrected chi connectivity index (χ3v) is 5.79. The highest BCUT2D eigenvalue weighted by molar-refractivity contribution is 7.71. The van der Waals surface area contributed by atoms with E-state index in [1.807, 2.05) is 17.5 Å². The maximum Gasteiger partial charge on any atom is 0.240 e. The molecule has 0 aliphatic carbocycles. The second-order valence-electron chi connectivity index (χ2n) is 6.47. The van der Waals surface area contributed by atoms with Crippen molar-refractivity contribution in [1.82, 2.24) is 25.0 Å². The van der Waals surface area contributed by atoms with Crippen LogP contribution in [0.5, 0.6) is 0 Å². The van der Waals surface area contributed by atoms with Crippen LogP contribution in [0, 0.1) is 4.77 Å². The van der Waals surface area contributed by atoms with Crippen LogP contribution < -0.4 is 5.32 Å². The van der Waals surface area contributed by atoms with Gasteiger partial charge in [0.05, 0.1) is 4.88 Å². The zero-order valence-electron chi connectivity index (χ0n) is 16.1. The minimum absolute atomic E-state index is 0.0949. The Kier molecular flexibility index (Phi) is 7.13. The van der Waals surface area contributed by atoms with Crippen molar-refractivity contribution in [3.8, 4) is 10.7 Å². The quantitative estimate of drug-likeness (QED) is 0.521. The number of carbonyl (C=O) groups excluding carboxylic acids is 1. The number of benzene rings is 1. The lowest BCUT2D eigenvalue weighted by atomic mass is 10.1. The molecule has 0 saturated heterocycles. The average Bonchev–Trinajstić information content (AvgIpc) is 3.36. The molecule has 0 saturated carbocycles. The van der Waals surface area contributed by atoms with Gasteiger partial charge in [0.15, 0.2) is 10.6 Å². The first-order valence-electron chi connectivity index (χ1n) is 9.36. The van der Waals surface area contributed by atoms with Gasteiger partial charge in [0, 0.05) is 13.1 Å². The van der Waals surface area contributed by atoms with Crippen LogP contribution in [0.2, 0.25) is 0 Å². The summed E-state index contributed by atoms with van der Waals surface area (Å²) in [4.78, 5) is 15.8. The van der Waals surface area contributed by atoms with Crippen LogP contribution in [-0.4, -0.2) is 38.7 Å². The fourth-order valence-electron chi connectivity index (χ4n) is 2.93. The third kappa shape index (κ3) is 5.15. The van der Waals surface area contributed by atoms with E-state index in [4.69, 9.17) is 12.2 Å². The van der Waals surface area contributed by atoms with Gasteiger partial charge in [-0.1, -0.05) is 44.2 Å². The van der Waals surface area contributed by atoms with Crippen LogP contribution in [0.25, 0.3) is 10.7 Å². The summed E-state index contributed by atoms with van der Waals surface area (Å²) in [5, 5.41) is 12.0. The molecule has 1 amide bonds. The van der Waals surface area contributed by atoms with E-state index in [1.165, 1.54) is 5.56 Å². The second kappa shape index (κ2) is 9.77. The molecule has 1 aromatic carbocycles. The van der Waals surface area contributed by atoms with E-state index >= 15 is 0 Å². The molecule has 8 heteroatoms. The standard InChI is InChI=1S/C20H25N5OS2/c1-3-24(4-2)13-16-9-7-15(8-10-16)12-21-18(26)14-25-19(22-23-20(25)27)17-6-5-11-28-17/h5-11H,3-4,12-14H2,1-2H3,(H,21,26)(H,23,27). The molecule has 28 heavy (non-hydrogen) atoms. The fourth-order valence-corrected chi connectivity index (χ4v) is 3.85. The zero-order valence-corrected chi connectivity index (χ0v) is 17.8. The number of aromatic nitrogens is 3. The molecule has 0 spiro atoms. The van der Waals surface area contributed by atoms with Gasteiger partial charge >= 0.3 is 0 Å². The van der Waals surface area contributed by atoms with Crippen molar-refractivity contribution in [3.63, 3.8) is 0 Å². The summed E-state index contributed by atoms with van der Waals surface area (Å²) in [6.07, 6.45) is 0. The largest absolute Gasteiger partial charge is 0.350 e. The van der Waals surface area contributed by atoms with Gasteiger partial charge in [-0.15, -0.1) is 11.3 Å². The summed E-state index contributed by atoms with van der Waals surface area (Å²) in [6.45, 7) is 8.00. The normalized spacial score (nSPS) is 11.1. The number of hydrogen-bond donors (Lipinski definition) is 2. The first kappa shape index (κ1) is 20.4. The second-order valence-corrected chi connectivity index (χ2v) is 7.80. The highest BCUT2D eigenvalue weighted by atomic mass is 32.1.